The van der Waals surface area contributed by atoms with Crippen molar-refractivity contribution >= 4 is 34.7 Å². The predicted octanol–water partition coefficient (Wildman–Crippen LogP) is 5.78. The summed E-state index contributed by atoms with van der Waals surface area (Å²) in [6, 6.07) is 6.65. The quantitative estimate of drug-likeness (QED) is 0.219. The fraction of sp³-hybridized carbons (Fsp3) is 0.500. The lowest BCUT2D eigenvalue weighted by molar-refractivity contribution is -0.129. The van der Waals surface area contributed by atoms with Crippen LogP contribution in [-0.4, -0.2) is 48.0 Å². The number of allylic oxidation sites excluding steroid dienone is 3. The van der Waals surface area contributed by atoms with Crippen molar-refractivity contribution in [2.45, 2.75) is 60.7 Å². The number of nitrogens with two attached hydrogens (primary N) is 2. The Morgan fingerprint density at radius 2 is 1.76 bits per heavy atom. The Balaban J connectivity index is 0.000000391. The van der Waals surface area contributed by atoms with Crippen LogP contribution in [0.3, 0.4) is 0 Å². The molecule has 3 unspecified atom stereocenters. The molecule has 1 aromatic heterocycles. The zero-order chi connectivity index (χ0) is 34.5. The van der Waals surface area contributed by atoms with Crippen molar-refractivity contribution in [1.82, 2.24) is 20.5 Å². The molecular formula is C32H45ClF3N7O2. The third-order valence-electron chi connectivity index (χ3n) is 7.12. The highest BCUT2D eigenvalue weighted by Crippen LogP contribution is 2.61. The van der Waals surface area contributed by atoms with E-state index in [-0.39, 0.29) is 18.3 Å². The minimum Gasteiger partial charge on any atom is -0.395 e. The third kappa shape index (κ3) is 11.5. The van der Waals surface area contributed by atoms with Gasteiger partial charge < -0.3 is 27.0 Å². The molecule has 1 saturated carbocycles. The second-order valence-electron chi connectivity index (χ2n) is 11.6. The largest absolute Gasteiger partial charge is 0.430 e. The summed E-state index contributed by atoms with van der Waals surface area (Å²) in [5.74, 6) is 1.80. The van der Waals surface area contributed by atoms with Gasteiger partial charge in [-0.05, 0) is 41.4 Å². The molecule has 2 aliphatic rings. The van der Waals surface area contributed by atoms with Crippen molar-refractivity contribution in [3.8, 4) is 6.07 Å². The van der Waals surface area contributed by atoms with E-state index in [1.807, 2.05) is 32.0 Å². The third-order valence-corrected chi connectivity index (χ3v) is 7.44. The van der Waals surface area contributed by atoms with E-state index in [0.717, 1.165) is 35.9 Å². The molecule has 13 heteroatoms. The molecule has 1 aromatic carbocycles. The topological polar surface area (TPSA) is 150 Å². The number of nitriles is 1. The SMILES string of the molecule is CC.CC(C)C.CC1(C)C2CN(C(=O)CN/C(N)=C/C=C(\N)C(F)(F)F)CC21.N#CC(NC=O)c1cncc2cccc(Cl)c12. The number of benzene rings is 1. The minimum atomic E-state index is -4.59. The number of likely N-dealkylation sites (tertiary alicyclic amines) is 1. The van der Waals surface area contributed by atoms with Gasteiger partial charge in [0.25, 0.3) is 0 Å². The normalized spacial score (nSPS) is 18.9. The first-order valence-corrected chi connectivity index (χ1v) is 15.1. The maximum Gasteiger partial charge on any atom is 0.430 e. The Labute approximate surface area is 268 Å². The van der Waals surface area contributed by atoms with E-state index in [2.05, 4.69) is 50.2 Å². The molecule has 2 aromatic rings. The minimum absolute atomic E-state index is 0.0368. The molecule has 0 radical (unpaired) electrons. The van der Waals surface area contributed by atoms with Gasteiger partial charge in [0.05, 0.1) is 18.4 Å². The average molecular weight is 652 g/mol. The van der Waals surface area contributed by atoms with Crippen LogP contribution in [-0.2, 0) is 9.59 Å². The average Bonchev–Trinajstić information content (AvgIpc) is 3.28. The van der Waals surface area contributed by atoms with Gasteiger partial charge in [-0.1, -0.05) is 72.2 Å². The zero-order valence-electron chi connectivity index (χ0n) is 26.9. The predicted molar refractivity (Wildman–Crippen MR) is 172 cm³/mol. The summed E-state index contributed by atoms with van der Waals surface area (Å²) in [6.07, 6.45) is 0.777. The van der Waals surface area contributed by atoms with Crippen LogP contribution in [0.15, 0.2) is 54.3 Å². The number of carbonyl (C=O) groups excluding carboxylic acids is 2. The second-order valence-corrected chi connectivity index (χ2v) is 12.0. The van der Waals surface area contributed by atoms with Gasteiger partial charge in [-0.2, -0.15) is 18.4 Å². The van der Waals surface area contributed by atoms with Crippen molar-refractivity contribution in [3.05, 3.63) is 64.8 Å². The van der Waals surface area contributed by atoms with E-state index in [0.29, 0.717) is 40.3 Å². The highest BCUT2D eigenvalue weighted by atomic mass is 35.5. The first-order valence-electron chi connectivity index (χ1n) is 14.7. The molecule has 248 valence electrons. The number of nitrogens with zero attached hydrogens (tertiary/aromatic N) is 3. The van der Waals surface area contributed by atoms with Crippen LogP contribution in [0, 0.1) is 34.5 Å². The number of piperidine rings is 1. The summed E-state index contributed by atoms with van der Waals surface area (Å²) >= 11 is 6.11. The van der Waals surface area contributed by atoms with Crippen LogP contribution in [0.4, 0.5) is 13.2 Å². The lowest BCUT2D eigenvalue weighted by atomic mass is 10.0. The second kappa shape index (κ2) is 17.5. The first kappa shape index (κ1) is 39.0. The van der Waals surface area contributed by atoms with Crippen molar-refractivity contribution in [3.63, 3.8) is 0 Å². The van der Waals surface area contributed by atoms with E-state index in [9.17, 15) is 22.8 Å². The number of rotatable bonds is 7. The van der Waals surface area contributed by atoms with Gasteiger partial charge in [0.2, 0.25) is 12.3 Å². The molecule has 9 nitrogen and oxygen atoms in total. The number of pyridine rings is 1. The number of carbonyl (C=O) groups is 2. The summed E-state index contributed by atoms with van der Waals surface area (Å²) in [7, 11) is 0. The van der Waals surface area contributed by atoms with Crippen molar-refractivity contribution < 1.29 is 22.8 Å². The first-order chi connectivity index (χ1) is 21.0. The van der Waals surface area contributed by atoms with Gasteiger partial charge in [-0.3, -0.25) is 14.6 Å². The highest BCUT2D eigenvalue weighted by molar-refractivity contribution is 6.35. The molecule has 1 saturated heterocycles. The summed E-state index contributed by atoms with van der Waals surface area (Å²) in [6.45, 7) is 16.3. The van der Waals surface area contributed by atoms with Crippen molar-refractivity contribution in [1.29, 1.82) is 5.26 Å². The number of aromatic nitrogens is 1. The molecule has 0 spiro atoms. The molecule has 2 heterocycles. The number of amides is 2. The van der Waals surface area contributed by atoms with Crippen molar-refractivity contribution in [2.24, 2.45) is 34.6 Å². The van der Waals surface area contributed by atoms with Crippen LogP contribution in [0.1, 0.15) is 60.1 Å². The van der Waals surface area contributed by atoms with Crippen molar-refractivity contribution in [2.75, 3.05) is 19.6 Å². The van der Waals surface area contributed by atoms with Gasteiger partial charge in [0, 0.05) is 46.8 Å². The van der Waals surface area contributed by atoms with Gasteiger partial charge in [-0.25, -0.2) is 0 Å². The van der Waals surface area contributed by atoms with Crippen LogP contribution in [0.2, 0.25) is 5.02 Å². The molecule has 45 heavy (non-hydrogen) atoms. The summed E-state index contributed by atoms with van der Waals surface area (Å²) in [4.78, 5) is 28.2. The molecule has 2 amide bonds. The Hall–Kier alpha value is -3.98. The monoisotopic (exact) mass is 651 g/mol. The Morgan fingerprint density at radius 3 is 2.27 bits per heavy atom. The Morgan fingerprint density at radius 1 is 1.18 bits per heavy atom. The zero-order valence-corrected chi connectivity index (χ0v) is 27.6. The fourth-order valence-electron chi connectivity index (χ4n) is 4.66. The highest BCUT2D eigenvalue weighted by Gasteiger charge is 2.62. The molecule has 0 bridgehead atoms. The lowest BCUT2D eigenvalue weighted by Gasteiger charge is -2.22. The van der Waals surface area contributed by atoms with E-state index in [1.165, 1.54) is 0 Å². The molecule has 1 aliphatic heterocycles. The lowest BCUT2D eigenvalue weighted by Crippen LogP contribution is -2.39. The molecule has 1 aliphatic carbocycles. The summed E-state index contributed by atoms with van der Waals surface area (Å²) in [5, 5.41) is 16.2. The van der Waals surface area contributed by atoms with Gasteiger partial charge in [-0.15, -0.1) is 0 Å². The van der Waals surface area contributed by atoms with E-state index >= 15 is 0 Å². The number of hydrogen-bond acceptors (Lipinski definition) is 7. The maximum atomic E-state index is 12.2. The number of halogens is 4. The maximum absolute atomic E-state index is 12.2. The number of nitrogens with one attached hydrogen (secondary N) is 2. The number of alkyl halides is 3. The number of hydrogen-bond donors (Lipinski definition) is 4. The van der Waals surface area contributed by atoms with E-state index in [1.54, 1.807) is 23.4 Å². The Bertz CT molecular complexity index is 1370. The van der Waals surface area contributed by atoms with Crippen LogP contribution < -0.4 is 22.1 Å². The number of fused-ring (bicyclic) bond motifs is 2. The van der Waals surface area contributed by atoms with Crippen LogP contribution in [0.25, 0.3) is 10.8 Å². The standard InChI is InChI=1S/C14H21F3N4O.C12H8ClN3O.C4H10.C2H6/c1-13(2)8-6-21(7-9(8)13)12(22)5-20-11(19)4-3-10(18)14(15,16)17;13-10-3-1-2-8-5-15-6-9(12(8)10)11(4-14)16-7-17;1-4(2)3;1-2/h3-4,8-9,20H,5-7,18-19H2,1-2H3;1-3,5-7,11H,(H,16,17);4H,1-3H3;1-2H3/b10-3-,11-4+;;;. The summed E-state index contributed by atoms with van der Waals surface area (Å²) < 4.78 is 36.5. The van der Waals surface area contributed by atoms with Gasteiger partial charge in [0.15, 0.2) is 0 Å². The van der Waals surface area contributed by atoms with Gasteiger partial charge in [0.1, 0.15) is 11.7 Å². The Kier molecular flexibility index (Phi) is 15.2. The summed E-state index contributed by atoms with van der Waals surface area (Å²) in [5.41, 5.74) is 10.0. The smallest absolute Gasteiger partial charge is 0.395 e. The van der Waals surface area contributed by atoms with Crippen LogP contribution >= 0.6 is 11.6 Å². The molecule has 6 N–H and O–H groups in total. The van der Waals surface area contributed by atoms with E-state index < -0.39 is 17.9 Å². The van der Waals surface area contributed by atoms with E-state index in [4.69, 9.17) is 28.3 Å². The molecular weight excluding hydrogens is 607 g/mol. The van der Waals surface area contributed by atoms with Gasteiger partial charge >= 0.3 is 6.18 Å². The molecule has 3 atom stereocenters. The molecule has 4 rings (SSSR count). The fourth-order valence-corrected chi connectivity index (χ4v) is 4.95. The molecule has 2 fully saturated rings. The van der Waals surface area contributed by atoms with Crippen LogP contribution in [0.5, 0.6) is 0 Å².